The largest absolute Gasteiger partial charge is 0.443 e. The summed E-state index contributed by atoms with van der Waals surface area (Å²) in [7, 11) is -3.56. The van der Waals surface area contributed by atoms with Crippen LogP contribution in [0.25, 0.3) is 0 Å². The number of piperidine rings is 1. The number of benzene rings is 2. The Morgan fingerprint density at radius 1 is 1.02 bits per heavy atom. The molecule has 10 heteroatoms. The Labute approximate surface area is 244 Å². The number of carbonyl (C=O) groups is 2. The summed E-state index contributed by atoms with van der Waals surface area (Å²) in [5.74, 6) is 0.715. The molecule has 1 amide bonds. The van der Waals surface area contributed by atoms with Gasteiger partial charge in [0, 0.05) is 24.6 Å². The number of ether oxygens (including phenoxy) is 1. The van der Waals surface area contributed by atoms with Crippen molar-refractivity contribution in [2.75, 3.05) is 32.7 Å². The van der Waals surface area contributed by atoms with Gasteiger partial charge in [-0.3, -0.25) is 14.7 Å². The molecule has 9 nitrogen and oxygen atoms in total. The van der Waals surface area contributed by atoms with Crippen molar-refractivity contribution in [1.82, 2.24) is 14.5 Å². The quantitative estimate of drug-likeness (QED) is 0.393. The summed E-state index contributed by atoms with van der Waals surface area (Å²) in [6.07, 6.45) is 3.85. The van der Waals surface area contributed by atoms with Crippen LogP contribution in [0.4, 0.5) is 4.79 Å². The van der Waals surface area contributed by atoms with E-state index in [-0.39, 0.29) is 24.5 Å². The highest BCUT2D eigenvalue weighted by Crippen LogP contribution is 2.28. The molecule has 222 valence electrons. The van der Waals surface area contributed by atoms with Crippen molar-refractivity contribution in [3.05, 3.63) is 65.7 Å². The van der Waals surface area contributed by atoms with Gasteiger partial charge in [0.1, 0.15) is 17.2 Å². The molecule has 1 fully saturated rings. The molecular formula is C31H42N4O5S. The van der Waals surface area contributed by atoms with Crippen LogP contribution >= 0.6 is 0 Å². The van der Waals surface area contributed by atoms with Crippen molar-refractivity contribution in [3.8, 4) is 0 Å². The van der Waals surface area contributed by atoms with Crippen LogP contribution in [0.5, 0.6) is 0 Å². The first-order valence-corrected chi connectivity index (χ1v) is 15.9. The molecule has 2 aliphatic heterocycles. The van der Waals surface area contributed by atoms with Crippen molar-refractivity contribution >= 4 is 27.7 Å². The first kappa shape index (κ1) is 30.9. The highest BCUT2D eigenvalue weighted by atomic mass is 32.2. The summed E-state index contributed by atoms with van der Waals surface area (Å²) in [6, 6.07) is 16.3. The van der Waals surface area contributed by atoms with E-state index in [0.29, 0.717) is 49.8 Å². The van der Waals surface area contributed by atoms with Crippen LogP contribution in [-0.4, -0.2) is 79.7 Å². The number of amides is 1. The summed E-state index contributed by atoms with van der Waals surface area (Å²) >= 11 is 0. The molecule has 0 aliphatic carbocycles. The van der Waals surface area contributed by atoms with Gasteiger partial charge in [-0.2, -0.15) is 4.31 Å². The summed E-state index contributed by atoms with van der Waals surface area (Å²) in [5, 5.41) is 3.23. The molecule has 1 saturated heterocycles. The average molecular weight is 583 g/mol. The van der Waals surface area contributed by atoms with Gasteiger partial charge in [-0.15, -0.1) is 0 Å². The van der Waals surface area contributed by atoms with Crippen molar-refractivity contribution in [2.45, 2.75) is 75.8 Å². The SMILES string of the molecule is CC(C)(C)OC(=O)N1CCN=C1c1ccc(CCNCC(=O)CCC2CCCCN2S(=O)(=O)c2ccccc2)cc1. The van der Waals surface area contributed by atoms with Crippen LogP contribution in [0.3, 0.4) is 0 Å². The van der Waals surface area contributed by atoms with Gasteiger partial charge in [0.2, 0.25) is 10.0 Å². The van der Waals surface area contributed by atoms with E-state index in [1.807, 2.05) is 45.0 Å². The zero-order chi connectivity index (χ0) is 29.5. The van der Waals surface area contributed by atoms with E-state index in [1.54, 1.807) is 39.5 Å². The molecule has 2 aromatic carbocycles. The van der Waals surface area contributed by atoms with Crippen molar-refractivity contribution in [1.29, 1.82) is 0 Å². The van der Waals surface area contributed by atoms with Gasteiger partial charge < -0.3 is 10.1 Å². The average Bonchev–Trinajstić information content (AvgIpc) is 3.45. The Bertz CT molecular complexity index is 1320. The van der Waals surface area contributed by atoms with Crippen LogP contribution < -0.4 is 5.32 Å². The van der Waals surface area contributed by atoms with E-state index in [9.17, 15) is 18.0 Å². The van der Waals surface area contributed by atoms with Crippen LogP contribution in [0.2, 0.25) is 0 Å². The molecule has 2 heterocycles. The third-order valence-electron chi connectivity index (χ3n) is 7.26. The Morgan fingerprint density at radius 3 is 2.46 bits per heavy atom. The van der Waals surface area contributed by atoms with Gasteiger partial charge in [-0.05, 0) is 70.7 Å². The van der Waals surface area contributed by atoms with E-state index in [1.165, 1.54) is 0 Å². The standard InChI is InChI=1S/C31H42N4O5S/c1-31(2,3)40-30(37)34-22-20-33-29(34)25-14-12-24(13-15-25)18-19-32-23-27(36)17-16-26-9-7-8-21-35(26)41(38,39)28-10-5-4-6-11-28/h4-6,10-15,26,32H,7-9,16-23H2,1-3H3. The number of ketones is 1. The summed E-state index contributed by atoms with van der Waals surface area (Å²) < 4.78 is 33.5. The second kappa shape index (κ2) is 13.7. The highest BCUT2D eigenvalue weighted by molar-refractivity contribution is 7.89. The zero-order valence-electron chi connectivity index (χ0n) is 24.3. The predicted octanol–water partition coefficient (Wildman–Crippen LogP) is 4.41. The molecule has 4 rings (SSSR count). The molecule has 1 N–H and O–H groups in total. The molecular weight excluding hydrogens is 540 g/mol. The van der Waals surface area contributed by atoms with Gasteiger partial charge >= 0.3 is 6.09 Å². The Morgan fingerprint density at radius 2 is 1.76 bits per heavy atom. The minimum Gasteiger partial charge on any atom is -0.443 e. The number of carbonyl (C=O) groups excluding carboxylic acids is 2. The molecule has 1 unspecified atom stereocenters. The van der Waals surface area contributed by atoms with Crippen LogP contribution in [0, 0.1) is 0 Å². The van der Waals surface area contributed by atoms with E-state index < -0.39 is 15.6 Å². The number of amidine groups is 1. The highest BCUT2D eigenvalue weighted by Gasteiger charge is 2.33. The van der Waals surface area contributed by atoms with Gasteiger partial charge in [0.25, 0.3) is 0 Å². The third kappa shape index (κ3) is 8.47. The fraction of sp³-hybridized carbons (Fsp3) is 0.516. The maximum absolute atomic E-state index is 13.2. The number of nitrogens with zero attached hydrogens (tertiary/aromatic N) is 3. The smallest absolute Gasteiger partial charge is 0.416 e. The maximum Gasteiger partial charge on any atom is 0.416 e. The lowest BCUT2D eigenvalue weighted by Gasteiger charge is -2.34. The first-order valence-electron chi connectivity index (χ1n) is 14.5. The van der Waals surface area contributed by atoms with Gasteiger partial charge in [0.15, 0.2) is 0 Å². The number of aliphatic imine (C=N–C) groups is 1. The lowest BCUT2D eigenvalue weighted by atomic mass is 9.99. The maximum atomic E-state index is 13.2. The topological polar surface area (TPSA) is 108 Å². The molecule has 2 aliphatic rings. The van der Waals surface area contributed by atoms with Crippen molar-refractivity contribution in [2.24, 2.45) is 4.99 Å². The van der Waals surface area contributed by atoms with E-state index in [4.69, 9.17) is 4.74 Å². The van der Waals surface area contributed by atoms with Crippen LogP contribution in [0.15, 0.2) is 64.5 Å². The number of nitrogens with one attached hydrogen (secondary N) is 1. The second-order valence-electron chi connectivity index (χ2n) is 11.6. The molecule has 0 saturated carbocycles. The molecule has 0 aromatic heterocycles. The zero-order valence-corrected chi connectivity index (χ0v) is 25.2. The fourth-order valence-corrected chi connectivity index (χ4v) is 6.94. The number of hydrogen-bond acceptors (Lipinski definition) is 7. The molecule has 0 radical (unpaired) electrons. The van der Waals surface area contributed by atoms with Crippen LogP contribution in [0.1, 0.15) is 64.0 Å². The number of sulfonamides is 1. The third-order valence-corrected chi connectivity index (χ3v) is 9.22. The van der Waals surface area contributed by atoms with Crippen LogP contribution in [-0.2, 0) is 26.0 Å². The fourth-order valence-electron chi connectivity index (χ4n) is 5.19. The normalized spacial score (nSPS) is 18.3. The molecule has 41 heavy (non-hydrogen) atoms. The number of hydrogen-bond donors (Lipinski definition) is 1. The lowest BCUT2D eigenvalue weighted by molar-refractivity contribution is -0.118. The predicted molar refractivity (Wildman–Crippen MR) is 160 cm³/mol. The second-order valence-corrected chi connectivity index (χ2v) is 13.5. The molecule has 0 bridgehead atoms. The monoisotopic (exact) mass is 582 g/mol. The summed E-state index contributed by atoms with van der Waals surface area (Å²) in [6.45, 7) is 8.00. The van der Waals surface area contributed by atoms with E-state index in [0.717, 1.165) is 36.8 Å². The number of rotatable bonds is 11. The van der Waals surface area contributed by atoms with E-state index in [2.05, 4.69) is 10.3 Å². The van der Waals surface area contributed by atoms with E-state index >= 15 is 0 Å². The summed E-state index contributed by atoms with van der Waals surface area (Å²) in [5.41, 5.74) is 1.41. The minimum absolute atomic E-state index is 0.0875. The van der Waals surface area contributed by atoms with Gasteiger partial charge in [0.05, 0.1) is 24.5 Å². The molecule has 0 spiro atoms. The number of Topliss-reactive ketones (excluding diaryl/α,β-unsaturated/α-hetero) is 1. The van der Waals surface area contributed by atoms with Gasteiger partial charge in [-0.1, -0.05) is 48.9 Å². The van der Waals surface area contributed by atoms with Gasteiger partial charge in [-0.25, -0.2) is 13.2 Å². The Kier molecular flexibility index (Phi) is 10.3. The molecule has 2 aromatic rings. The lowest BCUT2D eigenvalue weighted by Crippen LogP contribution is -2.44. The Hall–Kier alpha value is -3.08. The minimum atomic E-state index is -3.56. The summed E-state index contributed by atoms with van der Waals surface area (Å²) in [4.78, 5) is 31.5. The Balaban J connectivity index is 1.20. The first-order chi connectivity index (χ1) is 19.5. The van der Waals surface area contributed by atoms with Crippen molar-refractivity contribution < 1.29 is 22.7 Å². The van der Waals surface area contributed by atoms with Crippen molar-refractivity contribution in [3.63, 3.8) is 0 Å². The molecule has 1 atom stereocenters.